The van der Waals surface area contributed by atoms with Gasteiger partial charge in [0.25, 0.3) is 0 Å². The van der Waals surface area contributed by atoms with Gasteiger partial charge in [-0.2, -0.15) is 0 Å². The molecule has 3 N–H and O–H groups in total. The summed E-state index contributed by atoms with van der Waals surface area (Å²) in [6, 6.07) is -0.889. The fraction of sp³-hybridized carbons (Fsp3) is 0.704. The number of aliphatic hydroxyl groups is 1. The summed E-state index contributed by atoms with van der Waals surface area (Å²) < 4.78 is 23.7. The normalized spacial score (nSPS) is 14.5. The molecule has 3 atom stereocenters. The topological polar surface area (TPSA) is 105 Å². The molecular formula is C71H126N2O6P+. The SMILES string of the molecule is CC/C=C\C/C=C\C/C=C\C/C=C\C/C=C\C/C=C\C/C=C\C/C=C\C/C=C\CCCC(=O)NC(COP(=O)(O)OCC[N+](C)(C)C)C(O)/C=C/CCCCCCCCCCCCCCCCCCCCCCCCCCCCC. The third kappa shape index (κ3) is 62.5. The molecule has 0 aliphatic rings. The molecule has 1 amide bonds. The van der Waals surface area contributed by atoms with E-state index in [9.17, 15) is 19.4 Å². The minimum absolute atomic E-state index is 0.0441. The van der Waals surface area contributed by atoms with Gasteiger partial charge in [0.2, 0.25) is 5.91 Å². The number of carbonyl (C=O) groups is 1. The first-order chi connectivity index (χ1) is 39.0. The Labute approximate surface area is 494 Å². The average molecular weight is 1130 g/mol. The van der Waals surface area contributed by atoms with E-state index in [2.05, 4.69) is 129 Å². The van der Waals surface area contributed by atoms with Gasteiger partial charge in [0, 0.05) is 6.42 Å². The number of phosphoric acid groups is 1. The van der Waals surface area contributed by atoms with Crippen LogP contribution in [0.1, 0.15) is 271 Å². The summed E-state index contributed by atoms with van der Waals surface area (Å²) in [5.74, 6) is -0.237. The molecule has 8 nitrogen and oxygen atoms in total. The van der Waals surface area contributed by atoms with Crippen molar-refractivity contribution in [2.75, 3.05) is 40.9 Å². The standard InChI is InChI=1S/C71H125N2O6P/c1-6-8-10-12-14-16-18-20-22-24-26-28-30-32-34-36-38-40-42-44-46-48-50-52-54-56-58-60-62-64-70(74)69(68-79-80(76,77)78-67-66-73(3,4)5)72-71(75)65-63-61-59-57-55-53-51-49-47-45-43-41-39-37-35-33-31-29-27-25-23-21-19-17-15-13-11-9-7-2/h9,11,15,17,21,23,27,29,33,35,39,41,45,47,51,53,57,59,62,64,69-70,74H,6-8,10,12-14,16,18-20,22,24-26,28,30-32,34,36-38,40,42-44,46,48-50,52,54-56,58,60-61,63,65-68H2,1-5H3,(H-,72,75,76,77)/p+1/b11-9-,17-15-,23-21-,29-27-,35-33-,41-39-,47-45-,53-51-,59-57-,64-62+. The van der Waals surface area contributed by atoms with Crippen molar-refractivity contribution in [2.45, 2.75) is 283 Å². The van der Waals surface area contributed by atoms with Gasteiger partial charge < -0.3 is 19.8 Å². The largest absolute Gasteiger partial charge is 0.472 e. The fourth-order valence-corrected chi connectivity index (χ4v) is 9.84. The van der Waals surface area contributed by atoms with Crippen molar-refractivity contribution in [1.29, 1.82) is 0 Å². The van der Waals surface area contributed by atoms with Gasteiger partial charge in [-0.05, 0) is 83.5 Å². The van der Waals surface area contributed by atoms with Crippen LogP contribution in [0.4, 0.5) is 0 Å². The Balaban J connectivity index is 4.27. The number of unbranched alkanes of at least 4 members (excludes halogenated alkanes) is 28. The zero-order chi connectivity index (χ0) is 58.4. The molecule has 0 heterocycles. The van der Waals surface area contributed by atoms with Crippen LogP contribution < -0.4 is 5.32 Å². The number of allylic oxidation sites excluding steroid dienone is 19. The quantitative estimate of drug-likeness (QED) is 0.0243. The van der Waals surface area contributed by atoms with E-state index in [0.29, 0.717) is 17.4 Å². The van der Waals surface area contributed by atoms with Crippen molar-refractivity contribution in [3.8, 4) is 0 Å². The zero-order valence-electron chi connectivity index (χ0n) is 52.5. The zero-order valence-corrected chi connectivity index (χ0v) is 53.4. The molecule has 0 aromatic heterocycles. The number of rotatable bonds is 59. The van der Waals surface area contributed by atoms with E-state index in [1.165, 1.54) is 161 Å². The van der Waals surface area contributed by atoms with Crippen LogP contribution >= 0.6 is 7.82 Å². The summed E-state index contributed by atoms with van der Waals surface area (Å²) in [5.41, 5.74) is 0. The lowest BCUT2D eigenvalue weighted by Gasteiger charge is -2.25. The number of nitrogens with one attached hydrogen (secondary N) is 1. The van der Waals surface area contributed by atoms with Crippen molar-refractivity contribution in [2.24, 2.45) is 0 Å². The lowest BCUT2D eigenvalue weighted by atomic mass is 10.0. The number of quaternary nitrogens is 1. The molecule has 0 spiro atoms. The molecule has 0 aromatic carbocycles. The maximum absolute atomic E-state index is 13.0. The van der Waals surface area contributed by atoms with Crippen LogP contribution in [0.25, 0.3) is 0 Å². The lowest BCUT2D eigenvalue weighted by molar-refractivity contribution is -0.870. The molecule has 0 saturated heterocycles. The van der Waals surface area contributed by atoms with Crippen LogP contribution in [0, 0.1) is 0 Å². The summed E-state index contributed by atoms with van der Waals surface area (Å²) in [7, 11) is 1.52. The minimum atomic E-state index is -4.38. The molecule has 0 aliphatic heterocycles. The predicted molar refractivity (Wildman–Crippen MR) is 350 cm³/mol. The third-order valence-corrected chi connectivity index (χ3v) is 15.2. The second kappa shape index (κ2) is 60.5. The molecule has 9 heteroatoms. The summed E-state index contributed by atoms with van der Waals surface area (Å²) in [6.07, 6.45) is 90.5. The average Bonchev–Trinajstić information content (AvgIpc) is 3.42. The molecule has 460 valence electrons. The summed E-state index contributed by atoms with van der Waals surface area (Å²) in [4.78, 5) is 23.4. The number of phosphoric ester groups is 1. The Kier molecular flexibility index (Phi) is 58.1. The number of likely N-dealkylation sites (N-methyl/N-ethyl adjacent to an activating group) is 1. The Morgan fingerprint density at radius 3 is 1.09 bits per heavy atom. The molecule has 0 aromatic rings. The molecule has 3 unspecified atom stereocenters. The van der Waals surface area contributed by atoms with Gasteiger partial charge in [-0.1, -0.05) is 302 Å². The number of hydrogen-bond acceptors (Lipinski definition) is 5. The van der Waals surface area contributed by atoms with Crippen molar-refractivity contribution in [3.05, 3.63) is 122 Å². The van der Waals surface area contributed by atoms with E-state index in [4.69, 9.17) is 9.05 Å². The van der Waals surface area contributed by atoms with Crippen LogP contribution in [0.5, 0.6) is 0 Å². The molecule has 0 saturated carbocycles. The number of hydrogen-bond donors (Lipinski definition) is 3. The number of amides is 1. The van der Waals surface area contributed by atoms with Crippen molar-refractivity contribution in [3.63, 3.8) is 0 Å². The van der Waals surface area contributed by atoms with E-state index in [1.54, 1.807) is 6.08 Å². The Hall–Kier alpha value is -3.10. The van der Waals surface area contributed by atoms with Gasteiger partial charge in [0.15, 0.2) is 0 Å². The second-order valence-electron chi connectivity index (χ2n) is 23.1. The first-order valence-electron chi connectivity index (χ1n) is 32.9. The Morgan fingerprint density at radius 1 is 0.438 bits per heavy atom. The monoisotopic (exact) mass is 1130 g/mol. The highest BCUT2D eigenvalue weighted by atomic mass is 31.2. The number of nitrogens with zero attached hydrogens (tertiary/aromatic N) is 1. The highest BCUT2D eigenvalue weighted by molar-refractivity contribution is 7.47. The van der Waals surface area contributed by atoms with Gasteiger partial charge in [0.05, 0.1) is 39.9 Å². The Bertz CT molecular complexity index is 1720. The van der Waals surface area contributed by atoms with E-state index >= 15 is 0 Å². The van der Waals surface area contributed by atoms with Crippen LogP contribution in [0.2, 0.25) is 0 Å². The first kappa shape index (κ1) is 76.9. The van der Waals surface area contributed by atoms with Crippen molar-refractivity contribution in [1.82, 2.24) is 5.32 Å². The highest BCUT2D eigenvalue weighted by Crippen LogP contribution is 2.43. The van der Waals surface area contributed by atoms with E-state index in [1.807, 2.05) is 27.2 Å². The summed E-state index contributed by atoms with van der Waals surface area (Å²) in [6.45, 7) is 4.67. The first-order valence-corrected chi connectivity index (χ1v) is 34.4. The fourth-order valence-electron chi connectivity index (χ4n) is 9.10. The van der Waals surface area contributed by atoms with Gasteiger partial charge in [-0.15, -0.1) is 0 Å². The lowest BCUT2D eigenvalue weighted by Crippen LogP contribution is -2.45. The summed E-state index contributed by atoms with van der Waals surface area (Å²) >= 11 is 0. The van der Waals surface area contributed by atoms with Crippen LogP contribution in [0.15, 0.2) is 122 Å². The minimum Gasteiger partial charge on any atom is -0.387 e. The van der Waals surface area contributed by atoms with Gasteiger partial charge in [-0.25, -0.2) is 4.57 Å². The van der Waals surface area contributed by atoms with Crippen LogP contribution in [-0.2, 0) is 18.4 Å². The third-order valence-electron chi connectivity index (χ3n) is 14.2. The number of carbonyl (C=O) groups excluding carboxylic acids is 1. The number of aliphatic hydroxyl groups excluding tert-OH is 1. The molecule has 80 heavy (non-hydrogen) atoms. The predicted octanol–water partition coefficient (Wildman–Crippen LogP) is 20.9. The smallest absolute Gasteiger partial charge is 0.387 e. The Morgan fingerprint density at radius 2 is 0.750 bits per heavy atom. The van der Waals surface area contributed by atoms with E-state index in [0.717, 1.165) is 83.5 Å². The van der Waals surface area contributed by atoms with Crippen LogP contribution in [0.3, 0.4) is 0 Å². The maximum Gasteiger partial charge on any atom is 0.472 e. The molecule has 0 bridgehead atoms. The van der Waals surface area contributed by atoms with E-state index < -0.39 is 20.0 Å². The van der Waals surface area contributed by atoms with Gasteiger partial charge in [0.1, 0.15) is 13.2 Å². The molecule has 0 rings (SSSR count). The molecular weight excluding hydrogens is 1010 g/mol. The van der Waals surface area contributed by atoms with Crippen LogP contribution in [-0.4, -0.2) is 73.4 Å². The van der Waals surface area contributed by atoms with Gasteiger partial charge in [-0.3, -0.25) is 13.8 Å². The second-order valence-corrected chi connectivity index (χ2v) is 24.6. The van der Waals surface area contributed by atoms with Gasteiger partial charge >= 0.3 is 7.82 Å². The summed E-state index contributed by atoms with van der Waals surface area (Å²) in [5, 5.41) is 13.9. The molecule has 0 aliphatic carbocycles. The molecule has 0 fully saturated rings. The maximum atomic E-state index is 13.0. The van der Waals surface area contributed by atoms with E-state index in [-0.39, 0.29) is 25.5 Å². The highest BCUT2D eigenvalue weighted by Gasteiger charge is 2.27. The molecule has 0 radical (unpaired) electrons. The van der Waals surface area contributed by atoms with Crippen molar-refractivity contribution < 1.29 is 32.9 Å². The van der Waals surface area contributed by atoms with Crippen molar-refractivity contribution >= 4 is 13.7 Å².